The van der Waals surface area contributed by atoms with E-state index in [2.05, 4.69) is 20.8 Å². The minimum atomic E-state index is -0.0290. The Morgan fingerprint density at radius 1 is 1.15 bits per heavy atom. The molecule has 0 saturated heterocycles. The molecule has 0 radical (unpaired) electrons. The van der Waals surface area contributed by atoms with Gasteiger partial charge in [0.1, 0.15) is 0 Å². The van der Waals surface area contributed by atoms with Crippen molar-refractivity contribution in [3.63, 3.8) is 0 Å². The van der Waals surface area contributed by atoms with Gasteiger partial charge in [-0.25, -0.2) is 0 Å². The topological polar surface area (TPSA) is 20.2 Å². The third kappa shape index (κ3) is 2.25. The highest BCUT2D eigenvalue weighted by Gasteiger charge is 2.36. The maximum Gasteiger partial charge on any atom is 0.0573 e. The molecule has 1 saturated carbocycles. The van der Waals surface area contributed by atoms with Crippen LogP contribution in [0.15, 0.2) is 0 Å². The summed E-state index contributed by atoms with van der Waals surface area (Å²) >= 11 is 0. The van der Waals surface area contributed by atoms with Crippen LogP contribution in [0.1, 0.15) is 59.3 Å². The van der Waals surface area contributed by atoms with Crippen molar-refractivity contribution < 1.29 is 5.11 Å². The molecule has 1 heteroatoms. The first kappa shape index (κ1) is 11.0. The van der Waals surface area contributed by atoms with Gasteiger partial charge in [-0.3, -0.25) is 0 Å². The van der Waals surface area contributed by atoms with Gasteiger partial charge in [-0.15, -0.1) is 0 Å². The molecule has 0 aromatic heterocycles. The molecular weight excluding hydrogens is 160 g/mol. The number of aliphatic hydroxyl groups excluding tert-OH is 1. The molecule has 2 unspecified atom stereocenters. The van der Waals surface area contributed by atoms with Crippen LogP contribution in [0.5, 0.6) is 0 Å². The van der Waals surface area contributed by atoms with Crippen LogP contribution in [-0.2, 0) is 0 Å². The number of hydrogen-bond acceptors (Lipinski definition) is 1. The minimum absolute atomic E-state index is 0.0290. The van der Waals surface area contributed by atoms with Crippen molar-refractivity contribution in [3.8, 4) is 0 Å². The number of hydrogen-bond donors (Lipinski definition) is 1. The van der Waals surface area contributed by atoms with Crippen LogP contribution in [0.2, 0.25) is 0 Å². The van der Waals surface area contributed by atoms with Crippen molar-refractivity contribution in [3.05, 3.63) is 0 Å². The smallest absolute Gasteiger partial charge is 0.0573 e. The molecule has 1 nitrogen and oxygen atoms in total. The molecular formula is C12H24O. The highest BCUT2D eigenvalue weighted by Crippen LogP contribution is 2.43. The standard InChI is InChI=1S/C12H24O/c1-4-12(3,5-2)10-8-6-7-9-11(10)13/h10-11,13H,4-9H2,1-3H3. The maximum absolute atomic E-state index is 9.97. The van der Waals surface area contributed by atoms with Gasteiger partial charge in [0.05, 0.1) is 6.10 Å². The quantitative estimate of drug-likeness (QED) is 0.713. The predicted octanol–water partition coefficient (Wildman–Crippen LogP) is 3.36. The Bertz CT molecular complexity index is 149. The first-order valence-corrected chi connectivity index (χ1v) is 5.82. The molecule has 1 fully saturated rings. The summed E-state index contributed by atoms with van der Waals surface area (Å²) < 4.78 is 0. The molecule has 1 aliphatic rings. The van der Waals surface area contributed by atoms with E-state index in [1.807, 2.05) is 0 Å². The molecule has 0 heterocycles. The van der Waals surface area contributed by atoms with Crippen LogP contribution in [-0.4, -0.2) is 11.2 Å². The second-order valence-corrected chi connectivity index (χ2v) is 4.82. The van der Waals surface area contributed by atoms with E-state index < -0.39 is 0 Å². The van der Waals surface area contributed by atoms with Crippen molar-refractivity contribution in [1.82, 2.24) is 0 Å². The molecule has 0 amide bonds. The number of rotatable bonds is 3. The normalized spacial score (nSPS) is 30.5. The third-order valence-corrected chi connectivity index (χ3v) is 4.24. The predicted molar refractivity (Wildman–Crippen MR) is 56.7 cm³/mol. The van der Waals surface area contributed by atoms with E-state index >= 15 is 0 Å². The van der Waals surface area contributed by atoms with E-state index in [1.54, 1.807) is 0 Å². The van der Waals surface area contributed by atoms with Crippen LogP contribution in [0.4, 0.5) is 0 Å². The summed E-state index contributed by atoms with van der Waals surface area (Å²) in [7, 11) is 0. The van der Waals surface area contributed by atoms with Crippen LogP contribution >= 0.6 is 0 Å². The van der Waals surface area contributed by atoms with Crippen LogP contribution in [0.25, 0.3) is 0 Å². The fourth-order valence-electron chi connectivity index (χ4n) is 2.70. The summed E-state index contributed by atoms with van der Waals surface area (Å²) in [6.45, 7) is 6.85. The molecule has 0 aromatic carbocycles. The average Bonchev–Trinajstić information content (AvgIpc) is 2.17. The van der Waals surface area contributed by atoms with Gasteiger partial charge in [0.15, 0.2) is 0 Å². The molecule has 78 valence electrons. The monoisotopic (exact) mass is 184 g/mol. The lowest BCUT2D eigenvalue weighted by molar-refractivity contribution is -0.00949. The molecule has 13 heavy (non-hydrogen) atoms. The molecule has 1 aliphatic carbocycles. The largest absolute Gasteiger partial charge is 0.393 e. The summed E-state index contributed by atoms with van der Waals surface area (Å²) in [5.74, 6) is 0.552. The lowest BCUT2D eigenvalue weighted by Crippen LogP contribution is -2.37. The average molecular weight is 184 g/mol. The first-order valence-electron chi connectivity index (χ1n) is 5.82. The van der Waals surface area contributed by atoms with Crippen molar-refractivity contribution in [2.45, 2.75) is 65.4 Å². The Hall–Kier alpha value is -0.0400. The number of aliphatic hydroxyl groups is 1. The lowest BCUT2D eigenvalue weighted by atomic mass is 9.66. The van der Waals surface area contributed by atoms with Crippen molar-refractivity contribution in [1.29, 1.82) is 0 Å². The highest BCUT2D eigenvalue weighted by atomic mass is 16.3. The van der Waals surface area contributed by atoms with Gasteiger partial charge in [0, 0.05) is 0 Å². The second-order valence-electron chi connectivity index (χ2n) is 4.82. The second kappa shape index (κ2) is 4.45. The van der Waals surface area contributed by atoms with Gasteiger partial charge in [-0.1, -0.05) is 46.5 Å². The summed E-state index contributed by atoms with van der Waals surface area (Å²) in [6.07, 6.45) is 7.17. The van der Waals surface area contributed by atoms with Gasteiger partial charge in [-0.2, -0.15) is 0 Å². The summed E-state index contributed by atoms with van der Waals surface area (Å²) in [4.78, 5) is 0. The molecule has 1 N–H and O–H groups in total. The van der Waals surface area contributed by atoms with Crippen molar-refractivity contribution >= 4 is 0 Å². The molecule has 0 aromatic rings. The fraction of sp³-hybridized carbons (Fsp3) is 1.00. The Morgan fingerprint density at radius 3 is 2.15 bits per heavy atom. The first-order chi connectivity index (χ1) is 6.14. The van der Waals surface area contributed by atoms with Gasteiger partial charge in [0.25, 0.3) is 0 Å². The van der Waals surface area contributed by atoms with E-state index in [9.17, 15) is 5.11 Å². The van der Waals surface area contributed by atoms with Crippen LogP contribution < -0.4 is 0 Å². The van der Waals surface area contributed by atoms with Gasteiger partial charge >= 0.3 is 0 Å². The Morgan fingerprint density at radius 2 is 1.69 bits per heavy atom. The van der Waals surface area contributed by atoms with Crippen LogP contribution in [0, 0.1) is 11.3 Å². The van der Waals surface area contributed by atoms with Gasteiger partial charge < -0.3 is 5.11 Å². The summed E-state index contributed by atoms with van der Waals surface area (Å²) in [5.41, 5.74) is 0.375. The molecule has 0 bridgehead atoms. The zero-order chi connectivity index (χ0) is 9.90. The Kier molecular flexibility index (Phi) is 3.78. The van der Waals surface area contributed by atoms with E-state index in [0.717, 1.165) is 6.42 Å². The molecule has 0 spiro atoms. The SMILES string of the molecule is CCC(C)(CC)C1CCCCC1O. The molecule has 0 aliphatic heterocycles. The fourth-order valence-corrected chi connectivity index (χ4v) is 2.70. The lowest BCUT2D eigenvalue weighted by Gasteiger charge is -2.41. The molecule has 1 rings (SSSR count). The highest BCUT2D eigenvalue weighted by molar-refractivity contribution is 4.87. The van der Waals surface area contributed by atoms with E-state index in [1.165, 1.54) is 32.1 Å². The van der Waals surface area contributed by atoms with E-state index in [4.69, 9.17) is 0 Å². The third-order valence-electron chi connectivity index (χ3n) is 4.24. The maximum atomic E-state index is 9.97. The van der Waals surface area contributed by atoms with Gasteiger partial charge in [0.2, 0.25) is 0 Å². The Labute approximate surface area is 82.5 Å². The van der Waals surface area contributed by atoms with Gasteiger partial charge in [-0.05, 0) is 24.2 Å². The summed E-state index contributed by atoms with van der Waals surface area (Å²) in [5, 5.41) is 9.97. The Balaban J connectivity index is 2.65. The molecule has 2 atom stereocenters. The van der Waals surface area contributed by atoms with Crippen molar-refractivity contribution in [2.75, 3.05) is 0 Å². The van der Waals surface area contributed by atoms with E-state index in [0.29, 0.717) is 11.3 Å². The van der Waals surface area contributed by atoms with Crippen LogP contribution in [0.3, 0.4) is 0 Å². The van der Waals surface area contributed by atoms with Crippen molar-refractivity contribution in [2.24, 2.45) is 11.3 Å². The summed E-state index contributed by atoms with van der Waals surface area (Å²) in [6, 6.07) is 0. The van der Waals surface area contributed by atoms with E-state index in [-0.39, 0.29) is 6.10 Å². The zero-order valence-electron chi connectivity index (χ0n) is 9.34. The minimum Gasteiger partial charge on any atom is -0.393 e. The zero-order valence-corrected chi connectivity index (χ0v) is 9.34.